The Morgan fingerprint density at radius 1 is 1.13 bits per heavy atom. The highest BCUT2D eigenvalue weighted by Crippen LogP contribution is 2.24. The van der Waals surface area contributed by atoms with E-state index in [2.05, 4.69) is 4.98 Å². The van der Waals surface area contributed by atoms with Gasteiger partial charge in [0.2, 0.25) is 0 Å². The van der Waals surface area contributed by atoms with E-state index in [1.54, 1.807) is 4.40 Å². The molecule has 0 saturated carbocycles. The van der Waals surface area contributed by atoms with Gasteiger partial charge in [-0.3, -0.25) is 14.0 Å². The highest BCUT2D eigenvalue weighted by Gasteiger charge is 2.22. The Morgan fingerprint density at radius 2 is 1.83 bits per heavy atom. The number of aryl methyl sites for hydroxylation is 2. The van der Waals surface area contributed by atoms with Crippen molar-refractivity contribution in [3.63, 3.8) is 0 Å². The molecule has 2 aromatic heterocycles. The van der Waals surface area contributed by atoms with Crippen molar-refractivity contribution in [2.45, 2.75) is 26.7 Å². The predicted molar refractivity (Wildman–Crippen MR) is 91.5 cm³/mol. The van der Waals surface area contributed by atoms with Crippen LogP contribution in [0.15, 0.2) is 23.0 Å². The Labute approximate surface area is 137 Å². The Bertz CT molecular complexity index is 996. The molecular weight excluding hydrogens is 310 g/mol. The van der Waals surface area contributed by atoms with E-state index in [-0.39, 0.29) is 11.5 Å². The van der Waals surface area contributed by atoms with E-state index in [0.29, 0.717) is 9.84 Å². The number of hydrogen-bond acceptors (Lipinski definition) is 4. The molecule has 6 heteroatoms. The minimum absolute atomic E-state index is 0.0495. The van der Waals surface area contributed by atoms with Gasteiger partial charge in [-0.2, -0.15) is 0 Å². The molecule has 0 aliphatic carbocycles. The standard InChI is InChI=1S/C17H17N3O2S/c1-10-7-12-13(8-11(10)2)20-15(21)9-14(23-17(20)18-12)16(22)19-5-3-4-6-19/h7-9H,3-6H2,1-2H3. The lowest BCUT2D eigenvalue weighted by Crippen LogP contribution is -2.28. The van der Waals surface area contributed by atoms with Crippen LogP contribution in [0.4, 0.5) is 0 Å². The molecule has 23 heavy (non-hydrogen) atoms. The highest BCUT2D eigenvalue weighted by molar-refractivity contribution is 7.18. The fourth-order valence-corrected chi connectivity index (χ4v) is 4.07. The molecule has 3 aromatic rings. The van der Waals surface area contributed by atoms with Gasteiger partial charge in [-0.15, -0.1) is 0 Å². The van der Waals surface area contributed by atoms with Crippen LogP contribution in [0.1, 0.15) is 33.6 Å². The van der Waals surface area contributed by atoms with Crippen molar-refractivity contribution >= 4 is 33.2 Å². The summed E-state index contributed by atoms with van der Waals surface area (Å²) in [7, 11) is 0. The zero-order valence-corrected chi connectivity index (χ0v) is 13.9. The van der Waals surface area contributed by atoms with Gasteiger partial charge in [0.25, 0.3) is 11.5 Å². The maximum atomic E-state index is 12.5. The molecule has 0 atom stereocenters. The first-order valence-electron chi connectivity index (χ1n) is 7.77. The molecule has 0 spiro atoms. The van der Waals surface area contributed by atoms with Crippen LogP contribution in [0.5, 0.6) is 0 Å². The second kappa shape index (κ2) is 5.16. The zero-order valence-electron chi connectivity index (χ0n) is 13.1. The average molecular weight is 327 g/mol. The molecule has 1 aliphatic heterocycles. The van der Waals surface area contributed by atoms with Crippen LogP contribution in [0, 0.1) is 13.8 Å². The summed E-state index contributed by atoms with van der Waals surface area (Å²) in [6, 6.07) is 5.43. The zero-order chi connectivity index (χ0) is 16.1. The maximum Gasteiger partial charge on any atom is 0.264 e. The summed E-state index contributed by atoms with van der Waals surface area (Å²) >= 11 is 1.29. The van der Waals surface area contributed by atoms with Gasteiger partial charge in [-0.25, -0.2) is 4.98 Å². The van der Waals surface area contributed by atoms with Gasteiger partial charge in [0.05, 0.1) is 11.0 Å². The van der Waals surface area contributed by atoms with Crippen LogP contribution in [0.2, 0.25) is 0 Å². The minimum Gasteiger partial charge on any atom is -0.338 e. The molecule has 1 amide bonds. The first-order valence-corrected chi connectivity index (χ1v) is 8.59. The van der Waals surface area contributed by atoms with Gasteiger partial charge in [0.15, 0.2) is 4.96 Å². The highest BCUT2D eigenvalue weighted by atomic mass is 32.1. The van der Waals surface area contributed by atoms with Crippen molar-refractivity contribution < 1.29 is 4.79 Å². The van der Waals surface area contributed by atoms with E-state index in [1.165, 1.54) is 17.4 Å². The van der Waals surface area contributed by atoms with Crippen LogP contribution in [0.3, 0.4) is 0 Å². The number of imidazole rings is 1. The van der Waals surface area contributed by atoms with Crippen molar-refractivity contribution in [2.24, 2.45) is 0 Å². The summed E-state index contributed by atoms with van der Waals surface area (Å²) in [4.78, 5) is 32.5. The van der Waals surface area contributed by atoms with Crippen molar-refractivity contribution in [1.82, 2.24) is 14.3 Å². The summed E-state index contributed by atoms with van der Waals surface area (Å²) < 4.78 is 1.60. The largest absolute Gasteiger partial charge is 0.338 e. The molecule has 1 aliphatic rings. The molecule has 118 valence electrons. The first-order chi connectivity index (χ1) is 11.0. The van der Waals surface area contributed by atoms with Crippen molar-refractivity contribution in [1.29, 1.82) is 0 Å². The summed E-state index contributed by atoms with van der Waals surface area (Å²) in [5.41, 5.74) is 3.69. The Hall–Kier alpha value is -2.21. The van der Waals surface area contributed by atoms with Gasteiger partial charge in [0, 0.05) is 19.2 Å². The van der Waals surface area contributed by atoms with Gasteiger partial charge >= 0.3 is 0 Å². The predicted octanol–water partition coefficient (Wildman–Crippen LogP) is 2.76. The molecule has 0 N–H and O–H groups in total. The summed E-state index contributed by atoms with van der Waals surface area (Å²) in [6.07, 6.45) is 2.07. The second-order valence-electron chi connectivity index (χ2n) is 6.10. The van der Waals surface area contributed by atoms with Gasteiger partial charge < -0.3 is 4.90 Å². The number of hydrogen-bond donors (Lipinski definition) is 0. The third kappa shape index (κ3) is 2.25. The third-order valence-electron chi connectivity index (χ3n) is 4.52. The number of rotatable bonds is 1. The average Bonchev–Trinajstić information content (AvgIpc) is 3.14. The van der Waals surface area contributed by atoms with Gasteiger partial charge in [-0.1, -0.05) is 11.3 Å². The SMILES string of the molecule is Cc1cc2nc3sc(C(=O)N4CCCC4)cc(=O)n3c2cc1C. The number of carbonyl (C=O) groups excluding carboxylic acids is 1. The van der Waals surface area contributed by atoms with Crippen LogP contribution in [-0.2, 0) is 0 Å². The van der Waals surface area contributed by atoms with Gasteiger partial charge in [-0.05, 0) is 49.9 Å². The summed E-state index contributed by atoms with van der Waals surface area (Å²) in [6.45, 7) is 5.61. The molecule has 1 saturated heterocycles. The Balaban J connectivity index is 1.92. The Kier molecular flexibility index (Phi) is 3.23. The summed E-state index contributed by atoms with van der Waals surface area (Å²) in [5, 5.41) is 0. The first kappa shape index (κ1) is 14.4. The number of fused-ring (bicyclic) bond motifs is 3. The lowest BCUT2D eigenvalue weighted by atomic mass is 10.1. The molecule has 4 rings (SSSR count). The van der Waals surface area contributed by atoms with E-state index in [4.69, 9.17) is 0 Å². The topological polar surface area (TPSA) is 54.7 Å². The van der Waals surface area contributed by atoms with E-state index in [1.807, 2.05) is 30.9 Å². The quantitative estimate of drug-likeness (QED) is 0.690. The molecule has 0 bridgehead atoms. The van der Waals surface area contributed by atoms with E-state index < -0.39 is 0 Å². The number of aromatic nitrogens is 2. The van der Waals surface area contributed by atoms with Crippen molar-refractivity contribution in [3.8, 4) is 0 Å². The number of likely N-dealkylation sites (tertiary alicyclic amines) is 1. The van der Waals surface area contributed by atoms with Crippen molar-refractivity contribution in [2.75, 3.05) is 13.1 Å². The van der Waals surface area contributed by atoms with Crippen LogP contribution < -0.4 is 5.56 Å². The van der Waals surface area contributed by atoms with Gasteiger partial charge in [0.1, 0.15) is 4.88 Å². The molecular formula is C17H17N3O2S. The van der Waals surface area contributed by atoms with Crippen LogP contribution >= 0.6 is 11.3 Å². The molecule has 3 heterocycles. The molecule has 0 unspecified atom stereocenters. The van der Waals surface area contributed by atoms with Crippen LogP contribution in [0.25, 0.3) is 16.0 Å². The van der Waals surface area contributed by atoms with Crippen molar-refractivity contribution in [3.05, 3.63) is 44.6 Å². The molecule has 5 nitrogen and oxygen atoms in total. The molecule has 0 radical (unpaired) electrons. The Morgan fingerprint density at radius 3 is 2.57 bits per heavy atom. The third-order valence-corrected chi connectivity index (χ3v) is 5.49. The number of nitrogens with zero attached hydrogens (tertiary/aromatic N) is 3. The van der Waals surface area contributed by atoms with E-state index >= 15 is 0 Å². The molecule has 1 aromatic carbocycles. The monoisotopic (exact) mass is 327 g/mol. The minimum atomic E-state index is -0.188. The lowest BCUT2D eigenvalue weighted by molar-refractivity contribution is 0.0797. The van der Waals surface area contributed by atoms with Crippen LogP contribution in [-0.4, -0.2) is 33.3 Å². The maximum absolute atomic E-state index is 12.5. The van der Waals surface area contributed by atoms with E-state index in [9.17, 15) is 9.59 Å². The normalized spacial score (nSPS) is 15.0. The summed E-state index contributed by atoms with van der Waals surface area (Å²) in [5.74, 6) is -0.0495. The fraction of sp³-hybridized carbons (Fsp3) is 0.353. The smallest absolute Gasteiger partial charge is 0.264 e. The van der Waals surface area contributed by atoms with E-state index in [0.717, 1.165) is 48.1 Å². The number of carbonyl (C=O) groups is 1. The fourth-order valence-electron chi connectivity index (χ4n) is 3.08. The number of amides is 1. The lowest BCUT2D eigenvalue weighted by Gasteiger charge is -2.14. The molecule has 1 fully saturated rings. The second-order valence-corrected chi connectivity index (χ2v) is 7.11. The number of benzene rings is 1.